The van der Waals surface area contributed by atoms with E-state index < -0.39 is 12.0 Å². The van der Waals surface area contributed by atoms with E-state index in [0.717, 1.165) is 33.6 Å². The second-order valence-corrected chi connectivity index (χ2v) is 11.6. The van der Waals surface area contributed by atoms with Crippen molar-refractivity contribution in [2.45, 2.75) is 40.3 Å². The Morgan fingerprint density at radius 2 is 1.73 bits per heavy atom. The Hall–Kier alpha value is -3.65. The summed E-state index contributed by atoms with van der Waals surface area (Å²) in [6.07, 6.45) is 1.86. The molecule has 0 amide bonds. The second kappa shape index (κ2) is 12.1. The number of thiazole rings is 1. The molecule has 3 aromatic carbocycles. The van der Waals surface area contributed by atoms with Crippen LogP contribution in [0.5, 0.6) is 5.75 Å². The van der Waals surface area contributed by atoms with Gasteiger partial charge in [0, 0.05) is 0 Å². The number of halogens is 2. The smallest absolute Gasteiger partial charge is 0.338 e. The lowest BCUT2D eigenvalue weighted by Crippen LogP contribution is -2.39. The molecule has 0 radical (unpaired) electrons. The van der Waals surface area contributed by atoms with E-state index in [0.29, 0.717) is 37.3 Å². The van der Waals surface area contributed by atoms with Crippen LogP contribution in [0, 0.1) is 13.8 Å². The first kappa shape index (κ1) is 28.9. The fourth-order valence-electron chi connectivity index (χ4n) is 4.97. The third-order valence-electron chi connectivity index (χ3n) is 6.78. The van der Waals surface area contributed by atoms with E-state index in [9.17, 15) is 9.59 Å². The van der Waals surface area contributed by atoms with Gasteiger partial charge in [0.2, 0.25) is 0 Å². The van der Waals surface area contributed by atoms with Crippen LogP contribution >= 0.6 is 34.5 Å². The molecular weight excluding hydrogens is 579 g/mol. The molecule has 0 saturated carbocycles. The number of esters is 1. The molecule has 0 bridgehead atoms. The van der Waals surface area contributed by atoms with Crippen LogP contribution in [-0.2, 0) is 16.1 Å². The van der Waals surface area contributed by atoms with E-state index in [2.05, 4.69) is 4.99 Å². The summed E-state index contributed by atoms with van der Waals surface area (Å²) in [5.41, 5.74) is 5.16. The van der Waals surface area contributed by atoms with E-state index in [1.807, 2.05) is 68.5 Å². The van der Waals surface area contributed by atoms with Crippen LogP contribution in [0.1, 0.15) is 47.7 Å². The molecule has 0 unspecified atom stereocenters. The summed E-state index contributed by atoms with van der Waals surface area (Å²) in [6.45, 7) is 8.06. The van der Waals surface area contributed by atoms with Crippen molar-refractivity contribution in [1.82, 2.24) is 4.57 Å². The van der Waals surface area contributed by atoms with Gasteiger partial charge in [-0.1, -0.05) is 70.9 Å². The molecule has 4 aromatic rings. The molecule has 9 heteroatoms. The Balaban J connectivity index is 1.53. The van der Waals surface area contributed by atoms with Gasteiger partial charge in [-0.15, -0.1) is 0 Å². The third-order valence-corrected chi connectivity index (χ3v) is 8.50. The number of aryl methyl sites for hydroxylation is 2. The maximum atomic E-state index is 13.8. The van der Waals surface area contributed by atoms with Gasteiger partial charge in [0.15, 0.2) is 4.80 Å². The number of hydrogen-bond donors (Lipinski definition) is 0. The Bertz CT molecular complexity index is 1840. The van der Waals surface area contributed by atoms with Crippen molar-refractivity contribution < 1.29 is 14.3 Å². The Morgan fingerprint density at radius 1 is 1.02 bits per heavy atom. The highest BCUT2D eigenvalue weighted by Crippen LogP contribution is 2.31. The number of aromatic nitrogens is 1. The topological polar surface area (TPSA) is 69.9 Å². The van der Waals surface area contributed by atoms with Gasteiger partial charge in [0.25, 0.3) is 5.56 Å². The molecule has 1 aliphatic heterocycles. The number of carbonyl (C=O) groups is 1. The maximum Gasteiger partial charge on any atom is 0.338 e. The number of benzene rings is 3. The molecule has 0 aliphatic carbocycles. The molecule has 0 spiro atoms. The summed E-state index contributed by atoms with van der Waals surface area (Å²) >= 11 is 13.5. The van der Waals surface area contributed by atoms with Crippen molar-refractivity contribution in [3.8, 4) is 5.75 Å². The molecular formula is C32H28Cl2N2O4S. The Kier molecular flexibility index (Phi) is 8.50. The molecule has 5 rings (SSSR count). The second-order valence-electron chi connectivity index (χ2n) is 9.73. The van der Waals surface area contributed by atoms with Crippen LogP contribution in [0.3, 0.4) is 0 Å². The highest BCUT2D eigenvalue weighted by atomic mass is 35.5. The first-order valence-electron chi connectivity index (χ1n) is 13.1. The summed E-state index contributed by atoms with van der Waals surface area (Å²) in [4.78, 5) is 32.0. The summed E-state index contributed by atoms with van der Waals surface area (Å²) in [6, 6.07) is 18.3. The number of fused-ring (bicyclic) bond motifs is 1. The number of rotatable bonds is 7. The van der Waals surface area contributed by atoms with E-state index in [1.165, 1.54) is 11.3 Å². The van der Waals surface area contributed by atoms with Crippen LogP contribution in [0.2, 0.25) is 10.0 Å². The van der Waals surface area contributed by atoms with Gasteiger partial charge >= 0.3 is 5.97 Å². The van der Waals surface area contributed by atoms with Gasteiger partial charge in [-0.05, 0) is 85.9 Å². The zero-order valence-electron chi connectivity index (χ0n) is 23.0. The zero-order chi connectivity index (χ0) is 29.3. The summed E-state index contributed by atoms with van der Waals surface area (Å²) in [5.74, 6) is 0.299. The first-order valence-corrected chi connectivity index (χ1v) is 14.7. The molecule has 2 heterocycles. The van der Waals surface area contributed by atoms with E-state index in [-0.39, 0.29) is 12.2 Å². The minimum Gasteiger partial charge on any atom is -0.488 e. The molecule has 0 saturated heterocycles. The molecule has 210 valence electrons. The predicted octanol–water partition coefficient (Wildman–Crippen LogP) is 6.30. The number of carbonyl (C=O) groups excluding carboxylic acids is 1. The molecule has 1 atom stereocenters. The minimum absolute atomic E-state index is 0.216. The molecule has 0 fully saturated rings. The van der Waals surface area contributed by atoms with Gasteiger partial charge in [-0.2, -0.15) is 0 Å². The van der Waals surface area contributed by atoms with Crippen molar-refractivity contribution in [3.63, 3.8) is 0 Å². The largest absolute Gasteiger partial charge is 0.488 e. The van der Waals surface area contributed by atoms with Crippen LogP contribution in [0.15, 0.2) is 81.7 Å². The molecule has 1 aromatic heterocycles. The normalized spacial score (nSPS) is 15.0. The highest BCUT2D eigenvalue weighted by molar-refractivity contribution is 7.07. The molecule has 6 nitrogen and oxygen atoms in total. The van der Waals surface area contributed by atoms with Gasteiger partial charge in [-0.3, -0.25) is 9.36 Å². The average molecular weight is 608 g/mol. The highest BCUT2D eigenvalue weighted by Gasteiger charge is 2.33. The number of hydrogen-bond acceptors (Lipinski definition) is 6. The van der Waals surface area contributed by atoms with Crippen molar-refractivity contribution in [3.05, 3.63) is 129 Å². The summed E-state index contributed by atoms with van der Waals surface area (Å²) < 4.78 is 13.6. The van der Waals surface area contributed by atoms with Gasteiger partial charge < -0.3 is 9.47 Å². The fraction of sp³-hybridized carbons (Fsp3) is 0.219. The van der Waals surface area contributed by atoms with Crippen molar-refractivity contribution in [1.29, 1.82) is 0 Å². The Labute approximate surface area is 251 Å². The summed E-state index contributed by atoms with van der Waals surface area (Å²) in [5, 5.41) is 0.983. The molecule has 1 aliphatic rings. The molecule has 41 heavy (non-hydrogen) atoms. The quantitative estimate of drug-likeness (QED) is 0.231. The number of nitrogens with zero attached hydrogens (tertiary/aromatic N) is 2. The van der Waals surface area contributed by atoms with Gasteiger partial charge in [-0.25, -0.2) is 9.79 Å². The predicted molar refractivity (Wildman–Crippen MR) is 164 cm³/mol. The van der Waals surface area contributed by atoms with Crippen molar-refractivity contribution >= 4 is 46.6 Å². The third kappa shape index (κ3) is 5.89. The van der Waals surface area contributed by atoms with E-state index >= 15 is 0 Å². The number of ether oxygens (including phenoxy) is 2. The Morgan fingerprint density at radius 3 is 2.39 bits per heavy atom. The van der Waals surface area contributed by atoms with Crippen LogP contribution in [0.4, 0.5) is 0 Å². The molecule has 0 N–H and O–H groups in total. The lowest BCUT2D eigenvalue weighted by Gasteiger charge is -2.24. The van der Waals surface area contributed by atoms with Gasteiger partial charge in [0.1, 0.15) is 12.4 Å². The van der Waals surface area contributed by atoms with Gasteiger partial charge in [0.05, 0.1) is 38.5 Å². The lowest BCUT2D eigenvalue weighted by molar-refractivity contribution is -0.139. The monoisotopic (exact) mass is 606 g/mol. The summed E-state index contributed by atoms with van der Waals surface area (Å²) in [7, 11) is 0. The van der Waals surface area contributed by atoms with Crippen molar-refractivity contribution in [2.75, 3.05) is 6.61 Å². The fourth-order valence-corrected chi connectivity index (χ4v) is 6.34. The lowest BCUT2D eigenvalue weighted by atomic mass is 9.96. The first-order chi connectivity index (χ1) is 19.7. The SMILES string of the molecule is CCOC(=O)C1=C(C)N=c2s/c(=C\c3cc(C)c(OCc4ccc(Cl)c(Cl)c4)c(C)c3)c(=O)n2[C@H]1c1ccccc1. The standard InChI is InChI=1S/C32H28Cl2N2O4S/c1-5-39-31(38)27-20(4)35-32-36(28(27)23-9-7-6-8-10-23)30(37)26(41-32)16-22-13-18(2)29(19(3)14-22)40-17-21-11-12-24(33)25(34)15-21/h6-16,28H,5,17H2,1-4H3/b26-16-/t28-/m0/s1. The van der Waals surface area contributed by atoms with E-state index in [1.54, 1.807) is 30.5 Å². The van der Waals surface area contributed by atoms with Crippen LogP contribution in [0.25, 0.3) is 6.08 Å². The van der Waals surface area contributed by atoms with Crippen LogP contribution in [-0.4, -0.2) is 17.1 Å². The number of allylic oxidation sites excluding steroid dienone is 1. The van der Waals surface area contributed by atoms with E-state index in [4.69, 9.17) is 32.7 Å². The zero-order valence-corrected chi connectivity index (χ0v) is 25.4. The average Bonchev–Trinajstić information content (AvgIpc) is 3.23. The minimum atomic E-state index is -0.630. The van der Waals surface area contributed by atoms with Crippen molar-refractivity contribution in [2.24, 2.45) is 4.99 Å². The maximum absolute atomic E-state index is 13.8. The van der Waals surface area contributed by atoms with Crippen LogP contribution < -0.4 is 19.6 Å².